The first-order chi connectivity index (χ1) is 10.7. The van der Waals surface area contributed by atoms with Crippen LogP contribution in [0.4, 0.5) is 0 Å². The zero-order valence-electron chi connectivity index (χ0n) is 12.6. The maximum Gasteiger partial charge on any atom is 0.335 e. The maximum atomic E-state index is 11.1. The molecule has 0 radical (unpaired) electrons. The summed E-state index contributed by atoms with van der Waals surface area (Å²) in [4.78, 5) is 13.4. The molecule has 0 saturated carbocycles. The molecule has 22 heavy (non-hydrogen) atoms. The minimum atomic E-state index is -0.879. The molecule has 0 unspecified atom stereocenters. The minimum Gasteiger partial charge on any atom is -0.497 e. The van der Waals surface area contributed by atoms with Gasteiger partial charge in [0.05, 0.1) is 12.7 Å². The van der Waals surface area contributed by atoms with Crippen LogP contribution in [-0.2, 0) is 19.5 Å². The first kappa shape index (κ1) is 14.6. The zero-order chi connectivity index (χ0) is 15.5. The van der Waals surface area contributed by atoms with Crippen molar-refractivity contribution in [3.05, 3.63) is 64.7 Å². The Kier molecular flexibility index (Phi) is 4.11. The van der Waals surface area contributed by atoms with Crippen LogP contribution in [-0.4, -0.2) is 29.6 Å². The lowest BCUT2D eigenvalue weighted by atomic mass is 9.99. The monoisotopic (exact) mass is 297 g/mol. The molecule has 2 aromatic rings. The molecule has 4 heteroatoms. The first-order valence-corrected chi connectivity index (χ1v) is 7.36. The molecular formula is C18H19NO3. The summed E-state index contributed by atoms with van der Waals surface area (Å²) in [5, 5.41) is 9.08. The van der Waals surface area contributed by atoms with E-state index in [4.69, 9.17) is 9.84 Å². The van der Waals surface area contributed by atoms with E-state index in [1.807, 2.05) is 12.1 Å². The molecule has 0 aromatic heterocycles. The van der Waals surface area contributed by atoms with Gasteiger partial charge in [-0.15, -0.1) is 0 Å². The van der Waals surface area contributed by atoms with Crippen LogP contribution in [0, 0.1) is 0 Å². The summed E-state index contributed by atoms with van der Waals surface area (Å²) < 4.78 is 5.29. The Labute approximate surface area is 130 Å². The number of methoxy groups -OCH3 is 1. The first-order valence-electron chi connectivity index (χ1n) is 7.36. The summed E-state index contributed by atoms with van der Waals surface area (Å²) in [6.45, 7) is 2.61. The Balaban J connectivity index is 1.74. The van der Waals surface area contributed by atoms with Gasteiger partial charge in [0.15, 0.2) is 0 Å². The molecule has 1 aliphatic heterocycles. The van der Waals surface area contributed by atoms with Crippen LogP contribution in [0.25, 0.3) is 0 Å². The molecular weight excluding hydrogens is 278 g/mol. The van der Waals surface area contributed by atoms with Crippen LogP contribution in [0.1, 0.15) is 27.0 Å². The molecule has 0 aliphatic carbocycles. The predicted octanol–water partition coefficient (Wildman–Crippen LogP) is 2.95. The van der Waals surface area contributed by atoms with Crippen molar-refractivity contribution in [2.75, 3.05) is 13.7 Å². The second-order valence-corrected chi connectivity index (χ2v) is 5.60. The zero-order valence-corrected chi connectivity index (χ0v) is 12.6. The normalized spacial score (nSPS) is 14.4. The summed E-state index contributed by atoms with van der Waals surface area (Å²) in [5.41, 5.74) is 4.04. The van der Waals surface area contributed by atoms with Crippen molar-refractivity contribution in [3.8, 4) is 5.75 Å². The fourth-order valence-electron chi connectivity index (χ4n) is 2.91. The van der Waals surface area contributed by atoms with Crippen LogP contribution >= 0.6 is 0 Å². The van der Waals surface area contributed by atoms with Crippen LogP contribution in [0.2, 0.25) is 0 Å². The van der Waals surface area contributed by atoms with Crippen molar-refractivity contribution in [2.45, 2.75) is 19.5 Å². The van der Waals surface area contributed by atoms with Gasteiger partial charge in [0.1, 0.15) is 5.75 Å². The third-order valence-corrected chi connectivity index (χ3v) is 4.08. The van der Waals surface area contributed by atoms with Gasteiger partial charge in [0, 0.05) is 19.6 Å². The number of carboxylic acid groups (broad SMARTS) is 1. The van der Waals surface area contributed by atoms with E-state index in [2.05, 4.69) is 17.0 Å². The van der Waals surface area contributed by atoms with Gasteiger partial charge in [-0.2, -0.15) is 0 Å². The number of aromatic carboxylic acids is 1. The SMILES string of the molecule is COc1ccc2c(c1)CN(Cc1cccc(C(=O)O)c1)CC2. The fraction of sp³-hybridized carbons (Fsp3) is 0.278. The van der Waals surface area contributed by atoms with E-state index < -0.39 is 5.97 Å². The Morgan fingerprint density at radius 2 is 2.09 bits per heavy atom. The average Bonchev–Trinajstić information content (AvgIpc) is 2.54. The third-order valence-electron chi connectivity index (χ3n) is 4.08. The number of hydrogen-bond acceptors (Lipinski definition) is 3. The highest BCUT2D eigenvalue weighted by Gasteiger charge is 2.17. The van der Waals surface area contributed by atoms with Crippen molar-refractivity contribution in [2.24, 2.45) is 0 Å². The summed E-state index contributed by atoms with van der Waals surface area (Å²) >= 11 is 0. The van der Waals surface area contributed by atoms with Gasteiger partial charge in [0.2, 0.25) is 0 Å². The largest absolute Gasteiger partial charge is 0.497 e. The molecule has 0 fully saturated rings. The Hall–Kier alpha value is -2.33. The van der Waals surface area contributed by atoms with Crippen molar-refractivity contribution >= 4 is 5.97 Å². The number of carbonyl (C=O) groups is 1. The van der Waals surface area contributed by atoms with Gasteiger partial charge in [-0.05, 0) is 47.4 Å². The van der Waals surface area contributed by atoms with Gasteiger partial charge in [0.25, 0.3) is 0 Å². The van der Waals surface area contributed by atoms with Crippen molar-refractivity contribution < 1.29 is 14.6 Å². The number of rotatable bonds is 4. The molecule has 0 atom stereocenters. The van der Waals surface area contributed by atoms with E-state index in [1.54, 1.807) is 25.3 Å². The van der Waals surface area contributed by atoms with Crippen molar-refractivity contribution in [3.63, 3.8) is 0 Å². The fourth-order valence-corrected chi connectivity index (χ4v) is 2.91. The van der Waals surface area contributed by atoms with Gasteiger partial charge in [-0.1, -0.05) is 18.2 Å². The van der Waals surface area contributed by atoms with Gasteiger partial charge in [-0.25, -0.2) is 4.79 Å². The average molecular weight is 297 g/mol. The highest BCUT2D eigenvalue weighted by molar-refractivity contribution is 5.87. The molecule has 2 aromatic carbocycles. The van der Waals surface area contributed by atoms with E-state index in [9.17, 15) is 4.79 Å². The molecule has 1 heterocycles. The number of carboxylic acids is 1. The Bertz CT molecular complexity index is 696. The van der Waals surface area contributed by atoms with E-state index in [0.717, 1.165) is 37.4 Å². The van der Waals surface area contributed by atoms with Crippen molar-refractivity contribution in [1.82, 2.24) is 4.90 Å². The number of hydrogen-bond donors (Lipinski definition) is 1. The Morgan fingerprint density at radius 1 is 1.23 bits per heavy atom. The highest BCUT2D eigenvalue weighted by atomic mass is 16.5. The van der Waals surface area contributed by atoms with Crippen LogP contribution < -0.4 is 4.74 Å². The van der Waals surface area contributed by atoms with E-state index >= 15 is 0 Å². The second kappa shape index (κ2) is 6.20. The lowest BCUT2D eigenvalue weighted by molar-refractivity contribution is 0.0696. The second-order valence-electron chi connectivity index (χ2n) is 5.60. The quantitative estimate of drug-likeness (QED) is 0.942. The number of fused-ring (bicyclic) bond motifs is 1. The van der Waals surface area contributed by atoms with Gasteiger partial charge in [-0.3, -0.25) is 4.90 Å². The summed E-state index contributed by atoms with van der Waals surface area (Å²) in [7, 11) is 1.68. The number of nitrogens with zero attached hydrogens (tertiary/aromatic N) is 1. The number of ether oxygens (including phenoxy) is 1. The molecule has 3 rings (SSSR count). The summed E-state index contributed by atoms with van der Waals surface area (Å²) in [5.74, 6) is 0.00375. The molecule has 0 spiro atoms. The highest BCUT2D eigenvalue weighted by Crippen LogP contribution is 2.24. The molecule has 0 amide bonds. The standard InChI is InChI=1S/C18H19NO3/c1-22-17-6-5-14-7-8-19(12-16(14)10-17)11-13-3-2-4-15(9-13)18(20)21/h2-6,9-10H,7-8,11-12H2,1H3,(H,20,21). The molecule has 1 N–H and O–H groups in total. The van der Waals surface area contributed by atoms with E-state index in [0.29, 0.717) is 5.56 Å². The summed E-state index contributed by atoms with van der Waals surface area (Å²) in [6, 6.07) is 13.4. The third kappa shape index (κ3) is 3.12. The van der Waals surface area contributed by atoms with Crippen LogP contribution in [0.15, 0.2) is 42.5 Å². The van der Waals surface area contributed by atoms with Gasteiger partial charge >= 0.3 is 5.97 Å². The molecule has 4 nitrogen and oxygen atoms in total. The van der Waals surface area contributed by atoms with Crippen LogP contribution in [0.5, 0.6) is 5.75 Å². The predicted molar refractivity (Wildman–Crippen MR) is 84.2 cm³/mol. The minimum absolute atomic E-state index is 0.344. The van der Waals surface area contributed by atoms with Gasteiger partial charge < -0.3 is 9.84 Å². The molecule has 1 aliphatic rings. The number of benzene rings is 2. The Morgan fingerprint density at radius 3 is 2.86 bits per heavy atom. The van der Waals surface area contributed by atoms with Crippen molar-refractivity contribution in [1.29, 1.82) is 0 Å². The molecule has 0 saturated heterocycles. The lowest BCUT2D eigenvalue weighted by Gasteiger charge is -2.29. The topological polar surface area (TPSA) is 49.8 Å². The summed E-state index contributed by atoms with van der Waals surface area (Å²) in [6.07, 6.45) is 1.01. The lowest BCUT2D eigenvalue weighted by Crippen LogP contribution is -2.30. The van der Waals surface area contributed by atoms with Crippen LogP contribution in [0.3, 0.4) is 0 Å². The van der Waals surface area contributed by atoms with E-state index in [1.165, 1.54) is 11.1 Å². The smallest absolute Gasteiger partial charge is 0.335 e. The maximum absolute atomic E-state index is 11.1. The molecule has 0 bridgehead atoms. The van der Waals surface area contributed by atoms with E-state index in [-0.39, 0.29) is 0 Å². The molecule has 114 valence electrons.